The van der Waals surface area contributed by atoms with E-state index in [9.17, 15) is 22.0 Å². The van der Waals surface area contributed by atoms with Gasteiger partial charge < -0.3 is 14.5 Å². The molecule has 11 heteroatoms. The monoisotopic (exact) mass is 501 g/mol. The molecule has 0 atom stereocenters. The fraction of sp³-hybridized carbons (Fsp3) is 0.391. The second-order valence-electron chi connectivity index (χ2n) is 8.12. The van der Waals surface area contributed by atoms with Crippen LogP contribution >= 0.6 is 11.6 Å². The van der Waals surface area contributed by atoms with Crippen molar-refractivity contribution in [1.29, 1.82) is 0 Å². The summed E-state index contributed by atoms with van der Waals surface area (Å²) < 4.78 is 76.0. The van der Waals surface area contributed by atoms with E-state index >= 15 is 0 Å². The summed E-state index contributed by atoms with van der Waals surface area (Å²) in [5, 5.41) is 0.221. The summed E-state index contributed by atoms with van der Waals surface area (Å²) in [5.41, 5.74) is 0.672. The largest absolute Gasteiger partial charge is 0.493 e. The van der Waals surface area contributed by atoms with Crippen LogP contribution in [0.5, 0.6) is 11.5 Å². The number of methoxy groups -OCH3 is 1. The Balaban J connectivity index is 1.48. The highest BCUT2D eigenvalue weighted by Crippen LogP contribution is 2.42. The van der Waals surface area contributed by atoms with Gasteiger partial charge in [0.05, 0.1) is 12.8 Å². The Morgan fingerprint density at radius 1 is 1.12 bits per heavy atom. The molecule has 4 rings (SSSR count). The predicted octanol–water partition coefficient (Wildman–Crippen LogP) is 7.02. The summed E-state index contributed by atoms with van der Waals surface area (Å²) in [6.45, 7) is -0.0118. The molecule has 2 heterocycles. The van der Waals surface area contributed by atoms with Gasteiger partial charge >= 0.3 is 6.18 Å². The Labute approximate surface area is 197 Å². The number of aromatic nitrogens is 3. The molecule has 1 N–H and O–H groups in total. The Bertz CT molecular complexity index is 1140. The standard InChI is InChI=1S/C23H21ClF5N3O2/c1-33-17-10-15(19-20(24)32-21(31-19)14-6-8-22(25,26)9-7-14)3-4-16(17)34-12-13-2-5-18(30-11-13)23(27,28)29/h2-5,10-11,14H,6-9,12H2,1H3,(H,31,32). The molecule has 5 nitrogen and oxygen atoms in total. The molecule has 0 bridgehead atoms. The van der Waals surface area contributed by atoms with E-state index in [4.69, 9.17) is 21.1 Å². The zero-order chi connectivity index (χ0) is 24.5. The molecule has 1 aliphatic carbocycles. The lowest BCUT2D eigenvalue weighted by molar-refractivity contribution is -0.141. The van der Waals surface area contributed by atoms with E-state index in [2.05, 4.69) is 15.0 Å². The van der Waals surface area contributed by atoms with Crippen molar-refractivity contribution in [2.75, 3.05) is 7.11 Å². The quantitative estimate of drug-likeness (QED) is 0.368. The van der Waals surface area contributed by atoms with E-state index in [0.717, 1.165) is 12.3 Å². The summed E-state index contributed by atoms with van der Waals surface area (Å²) in [6, 6.07) is 7.23. The fourth-order valence-corrected chi connectivity index (χ4v) is 4.10. The molecule has 0 aliphatic heterocycles. The minimum atomic E-state index is -4.51. The normalized spacial score (nSPS) is 16.4. The van der Waals surface area contributed by atoms with Gasteiger partial charge in [-0.2, -0.15) is 13.2 Å². The molecule has 1 fully saturated rings. The van der Waals surface area contributed by atoms with Crippen molar-refractivity contribution in [2.24, 2.45) is 0 Å². The highest BCUT2D eigenvalue weighted by molar-refractivity contribution is 6.31. The van der Waals surface area contributed by atoms with E-state index in [1.807, 2.05) is 0 Å². The number of ether oxygens (including phenoxy) is 2. The molecule has 2 aromatic heterocycles. The van der Waals surface area contributed by atoms with Crippen LogP contribution in [-0.2, 0) is 12.8 Å². The third kappa shape index (κ3) is 5.43. The molecule has 3 aromatic rings. The Hall–Kier alpha value is -2.88. The SMILES string of the molecule is COc1cc(-c2[nH]c(C3CCC(F)(F)CC3)nc2Cl)ccc1OCc1ccc(C(F)(F)F)nc1. The number of pyridine rings is 1. The van der Waals surface area contributed by atoms with Gasteiger partial charge in [-0.1, -0.05) is 17.7 Å². The van der Waals surface area contributed by atoms with Gasteiger partial charge in [0.1, 0.15) is 18.1 Å². The van der Waals surface area contributed by atoms with E-state index < -0.39 is 17.8 Å². The van der Waals surface area contributed by atoms with Gasteiger partial charge in [-0.15, -0.1) is 0 Å². The van der Waals surface area contributed by atoms with Crippen molar-refractivity contribution in [3.63, 3.8) is 0 Å². The summed E-state index contributed by atoms with van der Waals surface area (Å²) in [5.74, 6) is -1.43. The average Bonchev–Trinajstić information content (AvgIpc) is 3.18. The molecule has 0 spiro atoms. The minimum absolute atomic E-state index is 0.0118. The number of aromatic amines is 1. The first kappa shape index (κ1) is 24.3. The van der Waals surface area contributed by atoms with Gasteiger partial charge in [0.2, 0.25) is 5.92 Å². The number of hydrogen-bond donors (Lipinski definition) is 1. The van der Waals surface area contributed by atoms with Gasteiger partial charge in [-0.05, 0) is 37.1 Å². The summed E-state index contributed by atoms with van der Waals surface area (Å²) in [7, 11) is 1.45. The molecule has 34 heavy (non-hydrogen) atoms. The number of alkyl halides is 5. The van der Waals surface area contributed by atoms with Crippen molar-refractivity contribution in [3.8, 4) is 22.8 Å². The van der Waals surface area contributed by atoms with E-state index in [0.29, 0.717) is 47.0 Å². The van der Waals surface area contributed by atoms with Gasteiger partial charge in [0.15, 0.2) is 16.7 Å². The summed E-state index contributed by atoms with van der Waals surface area (Å²) in [6.07, 6.45) is -3.11. The first-order chi connectivity index (χ1) is 16.1. The molecule has 0 radical (unpaired) electrons. The highest BCUT2D eigenvalue weighted by atomic mass is 35.5. The molecule has 0 saturated heterocycles. The van der Waals surface area contributed by atoms with Gasteiger partial charge in [-0.25, -0.2) is 13.8 Å². The third-order valence-electron chi connectivity index (χ3n) is 5.74. The number of benzene rings is 1. The molecule has 1 aliphatic rings. The molecule has 0 unspecified atom stereocenters. The maximum Gasteiger partial charge on any atom is 0.433 e. The van der Waals surface area contributed by atoms with E-state index in [1.165, 1.54) is 13.2 Å². The lowest BCUT2D eigenvalue weighted by Gasteiger charge is -2.26. The number of halogens is 6. The number of H-pyrrole nitrogens is 1. The van der Waals surface area contributed by atoms with Crippen molar-refractivity contribution < 1.29 is 31.4 Å². The Morgan fingerprint density at radius 2 is 1.85 bits per heavy atom. The van der Waals surface area contributed by atoms with Gasteiger partial charge in [-0.3, -0.25) is 4.98 Å². The molecular weight excluding hydrogens is 481 g/mol. The number of rotatable bonds is 6. The Morgan fingerprint density at radius 3 is 2.47 bits per heavy atom. The van der Waals surface area contributed by atoms with Crippen LogP contribution in [0.2, 0.25) is 5.15 Å². The van der Waals surface area contributed by atoms with Crippen LogP contribution in [0.1, 0.15) is 48.7 Å². The second-order valence-corrected chi connectivity index (χ2v) is 8.48. The minimum Gasteiger partial charge on any atom is -0.493 e. The topological polar surface area (TPSA) is 60.0 Å². The van der Waals surface area contributed by atoms with Crippen LogP contribution in [0.4, 0.5) is 22.0 Å². The Kier molecular flexibility index (Phi) is 6.71. The van der Waals surface area contributed by atoms with Crippen LogP contribution in [0.25, 0.3) is 11.3 Å². The first-order valence-electron chi connectivity index (χ1n) is 10.5. The lowest BCUT2D eigenvalue weighted by Crippen LogP contribution is -2.24. The van der Waals surface area contributed by atoms with Crippen LogP contribution in [0.3, 0.4) is 0 Å². The maximum atomic E-state index is 13.5. The first-order valence-corrected chi connectivity index (χ1v) is 10.9. The molecule has 182 valence electrons. The second kappa shape index (κ2) is 9.40. The highest BCUT2D eigenvalue weighted by Gasteiger charge is 2.36. The number of imidazole rings is 1. The lowest BCUT2D eigenvalue weighted by atomic mass is 9.86. The molecule has 0 amide bonds. The van der Waals surface area contributed by atoms with Crippen molar-refractivity contribution in [1.82, 2.24) is 15.0 Å². The molecule has 1 aromatic carbocycles. The average molecular weight is 502 g/mol. The molecule has 1 saturated carbocycles. The zero-order valence-electron chi connectivity index (χ0n) is 18.1. The fourth-order valence-electron chi connectivity index (χ4n) is 3.85. The number of nitrogens with one attached hydrogen (secondary N) is 1. The smallest absolute Gasteiger partial charge is 0.433 e. The zero-order valence-corrected chi connectivity index (χ0v) is 18.8. The third-order valence-corrected chi connectivity index (χ3v) is 6.02. The number of hydrogen-bond acceptors (Lipinski definition) is 4. The predicted molar refractivity (Wildman–Crippen MR) is 115 cm³/mol. The van der Waals surface area contributed by atoms with Gasteiger partial charge in [0.25, 0.3) is 0 Å². The summed E-state index contributed by atoms with van der Waals surface area (Å²) >= 11 is 6.33. The van der Waals surface area contributed by atoms with E-state index in [-0.39, 0.29) is 30.5 Å². The van der Waals surface area contributed by atoms with Crippen molar-refractivity contribution >= 4 is 11.6 Å². The van der Waals surface area contributed by atoms with Crippen molar-refractivity contribution in [2.45, 2.75) is 50.3 Å². The van der Waals surface area contributed by atoms with Crippen LogP contribution in [-0.4, -0.2) is 28.0 Å². The van der Waals surface area contributed by atoms with Crippen LogP contribution in [0.15, 0.2) is 36.5 Å². The maximum absolute atomic E-state index is 13.5. The number of nitrogens with zero attached hydrogens (tertiary/aromatic N) is 2. The van der Waals surface area contributed by atoms with Gasteiger partial charge in [0, 0.05) is 36.1 Å². The van der Waals surface area contributed by atoms with Crippen LogP contribution in [0, 0.1) is 0 Å². The van der Waals surface area contributed by atoms with Crippen LogP contribution < -0.4 is 9.47 Å². The van der Waals surface area contributed by atoms with E-state index in [1.54, 1.807) is 18.2 Å². The summed E-state index contributed by atoms with van der Waals surface area (Å²) in [4.78, 5) is 10.9. The van der Waals surface area contributed by atoms with Crippen molar-refractivity contribution in [3.05, 3.63) is 58.8 Å². The molecular formula is C23H21ClF5N3O2.